The van der Waals surface area contributed by atoms with E-state index in [0.29, 0.717) is 36.2 Å². The maximum Gasteiger partial charge on any atom is 0.254 e. The van der Waals surface area contributed by atoms with Gasteiger partial charge in [0.25, 0.3) is 11.8 Å². The number of amides is 1. The Kier molecular flexibility index (Phi) is 5.79. The van der Waals surface area contributed by atoms with Gasteiger partial charge in [0.1, 0.15) is 12.4 Å². The Hall–Kier alpha value is -2.54. The monoisotopic (exact) mass is 306 g/mol. The van der Waals surface area contributed by atoms with Crippen LogP contribution in [0.25, 0.3) is 0 Å². The molecule has 2 rings (SSSR count). The number of methoxy groups -OCH3 is 2. The van der Waals surface area contributed by atoms with E-state index in [1.54, 1.807) is 37.4 Å². The van der Waals surface area contributed by atoms with Crippen molar-refractivity contribution in [1.29, 1.82) is 0 Å². The molecule has 0 fully saturated rings. The molecule has 22 heavy (non-hydrogen) atoms. The smallest absolute Gasteiger partial charge is 0.254 e. The molecule has 0 unspecified atom stereocenters. The zero-order valence-corrected chi connectivity index (χ0v) is 12.5. The molecule has 0 aliphatic rings. The highest BCUT2D eigenvalue weighted by Gasteiger charge is 2.09. The minimum absolute atomic E-state index is 0.226. The number of benzene rings is 1. The van der Waals surface area contributed by atoms with Crippen molar-refractivity contribution >= 4 is 5.91 Å². The van der Waals surface area contributed by atoms with E-state index in [2.05, 4.69) is 10.5 Å². The highest BCUT2D eigenvalue weighted by molar-refractivity contribution is 5.94. The molecule has 0 aliphatic heterocycles. The number of carbonyl (C=O) groups is 1. The van der Waals surface area contributed by atoms with Crippen LogP contribution in [0, 0.1) is 0 Å². The summed E-state index contributed by atoms with van der Waals surface area (Å²) in [5.74, 6) is 1.27. The van der Waals surface area contributed by atoms with E-state index >= 15 is 0 Å². The van der Waals surface area contributed by atoms with Crippen LogP contribution in [0.2, 0.25) is 0 Å². The first-order chi connectivity index (χ1) is 10.7. The number of aromatic nitrogens is 1. The minimum atomic E-state index is -0.229. The third-order valence-corrected chi connectivity index (χ3v) is 2.82. The van der Waals surface area contributed by atoms with Crippen molar-refractivity contribution in [2.24, 2.45) is 0 Å². The van der Waals surface area contributed by atoms with Crippen LogP contribution < -0.4 is 14.8 Å². The molecular weight excluding hydrogens is 288 g/mol. The maximum absolute atomic E-state index is 12.1. The molecule has 2 aromatic rings. The van der Waals surface area contributed by atoms with Gasteiger partial charge in [0.2, 0.25) is 0 Å². The van der Waals surface area contributed by atoms with Crippen LogP contribution in [0.4, 0.5) is 0 Å². The van der Waals surface area contributed by atoms with Crippen LogP contribution in [0.15, 0.2) is 34.9 Å². The fourth-order valence-corrected chi connectivity index (χ4v) is 1.71. The van der Waals surface area contributed by atoms with Gasteiger partial charge in [-0.2, -0.15) is 0 Å². The largest absolute Gasteiger partial charge is 0.491 e. The first-order valence-corrected chi connectivity index (χ1v) is 6.72. The molecule has 0 spiro atoms. The maximum atomic E-state index is 12.1. The Morgan fingerprint density at radius 2 is 2.14 bits per heavy atom. The van der Waals surface area contributed by atoms with Gasteiger partial charge >= 0.3 is 0 Å². The minimum Gasteiger partial charge on any atom is -0.491 e. The SMILES string of the molecule is COCCOc1cccc(C(=O)NCc2cc(OC)no2)c1. The molecule has 0 atom stereocenters. The molecule has 1 N–H and O–H groups in total. The summed E-state index contributed by atoms with van der Waals surface area (Å²) >= 11 is 0. The van der Waals surface area contributed by atoms with Crippen LogP contribution in [0.1, 0.15) is 16.1 Å². The fourth-order valence-electron chi connectivity index (χ4n) is 1.71. The summed E-state index contributed by atoms with van der Waals surface area (Å²) in [6.45, 7) is 1.15. The third kappa shape index (κ3) is 4.49. The second-order valence-corrected chi connectivity index (χ2v) is 4.39. The summed E-state index contributed by atoms with van der Waals surface area (Å²) < 4.78 is 20.3. The average molecular weight is 306 g/mol. The molecule has 1 amide bonds. The number of hydrogen-bond acceptors (Lipinski definition) is 6. The van der Waals surface area contributed by atoms with E-state index in [0.717, 1.165) is 0 Å². The second kappa shape index (κ2) is 8.04. The third-order valence-electron chi connectivity index (χ3n) is 2.82. The summed E-state index contributed by atoms with van der Waals surface area (Å²) in [5, 5.41) is 6.40. The van der Waals surface area contributed by atoms with Gasteiger partial charge in [0.15, 0.2) is 5.76 Å². The lowest BCUT2D eigenvalue weighted by Crippen LogP contribution is -2.22. The fraction of sp³-hybridized carbons (Fsp3) is 0.333. The van der Waals surface area contributed by atoms with E-state index in [-0.39, 0.29) is 12.5 Å². The van der Waals surface area contributed by atoms with E-state index in [1.165, 1.54) is 7.11 Å². The van der Waals surface area contributed by atoms with Crippen LogP contribution in [0.3, 0.4) is 0 Å². The number of nitrogens with zero attached hydrogens (tertiary/aromatic N) is 1. The molecule has 0 saturated carbocycles. The van der Waals surface area contributed by atoms with Crippen molar-refractivity contribution in [3.8, 4) is 11.6 Å². The molecule has 0 radical (unpaired) electrons. The van der Waals surface area contributed by atoms with Crippen molar-refractivity contribution in [3.63, 3.8) is 0 Å². The normalized spacial score (nSPS) is 10.3. The van der Waals surface area contributed by atoms with E-state index in [1.807, 2.05) is 0 Å². The van der Waals surface area contributed by atoms with Crippen LogP contribution in [-0.2, 0) is 11.3 Å². The van der Waals surface area contributed by atoms with Gasteiger partial charge in [-0.3, -0.25) is 4.79 Å². The van der Waals surface area contributed by atoms with E-state index < -0.39 is 0 Å². The molecule has 1 heterocycles. The Bertz CT molecular complexity index is 611. The number of ether oxygens (including phenoxy) is 3. The molecule has 0 bridgehead atoms. The van der Waals surface area contributed by atoms with Gasteiger partial charge < -0.3 is 24.1 Å². The lowest BCUT2D eigenvalue weighted by atomic mass is 10.2. The predicted octanol–water partition coefficient (Wildman–Crippen LogP) is 1.64. The molecule has 1 aromatic heterocycles. The quantitative estimate of drug-likeness (QED) is 0.747. The van der Waals surface area contributed by atoms with Crippen molar-refractivity contribution < 1.29 is 23.5 Å². The Morgan fingerprint density at radius 3 is 2.86 bits per heavy atom. The Labute approximate surface area is 128 Å². The van der Waals surface area contributed by atoms with Gasteiger partial charge in [-0.05, 0) is 23.4 Å². The highest BCUT2D eigenvalue weighted by Crippen LogP contribution is 2.14. The predicted molar refractivity (Wildman–Crippen MR) is 78.0 cm³/mol. The van der Waals surface area contributed by atoms with E-state index in [9.17, 15) is 4.79 Å². The molecule has 7 nitrogen and oxygen atoms in total. The van der Waals surface area contributed by atoms with Crippen molar-refractivity contribution in [2.75, 3.05) is 27.4 Å². The van der Waals surface area contributed by atoms with Crippen LogP contribution in [-0.4, -0.2) is 38.5 Å². The zero-order chi connectivity index (χ0) is 15.8. The van der Waals surface area contributed by atoms with Crippen LogP contribution >= 0.6 is 0 Å². The van der Waals surface area contributed by atoms with Crippen molar-refractivity contribution in [2.45, 2.75) is 6.54 Å². The average Bonchev–Trinajstić information content (AvgIpc) is 3.01. The molecule has 0 saturated heterocycles. The van der Waals surface area contributed by atoms with Crippen LogP contribution in [0.5, 0.6) is 11.6 Å². The molecule has 0 aliphatic carbocycles. The number of nitrogens with one attached hydrogen (secondary N) is 1. The Balaban J connectivity index is 1.90. The number of carbonyl (C=O) groups excluding carboxylic acids is 1. The zero-order valence-electron chi connectivity index (χ0n) is 12.5. The van der Waals surface area contributed by atoms with Gasteiger partial charge in [-0.15, -0.1) is 0 Å². The van der Waals surface area contributed by atoms with E-state index in [4.69, 9.17) is 18.7 Å². The summed E-state index contributed by atoms with van der Waals surface area (Å²) in [7, 11) is 3.10. The first kappa shape index (κ1) is 15.8. The van der Waals surface area contributed by atoms with Crippen molar-refractivity contribution in [1.82, 2.24) is 10.5 Å². The lowest BCUT2D eigenvalue weighted by Gasteiger charge is -2.07. The summed E-state index contributed by atoms with van der Waals surface area (Å²) in [6.07, 6.45) is 0. The summed E-state index contributed by atoms with van der Waals surface area (Å²) in [6, 6.07) is 8.54. The number of rotatable bonds is 8. The Morgan fingerprint density at radius 1 is 1.27 bits per heavy atom. The standard InChI is InChI=1S/C15H18N2O5/c1-19-6-7-21-12-5-3-4-11(8-12)15(18)16-10-13-9-14(20-2)17-22-13/h3-5,8-9H,6-7,10H2,1-2H3,(H,16,18). The first-order valence-electron chi connectivity index (χ1n) is 6.72. The summed E-state index contributed by atoms with van der Waals surface area (Å²) in [4.78, 5) is 12.1. The van der Waals surface area contributed by atoms with Crippen molar-refractivity contribution in [3.05, 3.63) is 41.7 Å². The topological polar surface area (TPSA) is 82.8 Å². The molecule has 7 heteroatoms. The van der Waals surface area contributed by atoms with Gasteiger partial charge in [-0.1, -0.05) is 6.07 Å². The molecule has 118 valence electrons. The summed E-state index contributed by atoms with van der Waals surface area (Å²) in [5.41, 5.74) is 0.501. The number of hydrogen-bond donors (Lipinski definition) is 1. The lowest BCUT2D eigenvalue weighted by molar-refractivity contribution is 0.0946. The highest BCUT2D eigenvalue weighted by atomic mass is 16.5. The molecular formula is C15H18N2O5. The second-order valence-electron chi connectivity index (χ2n) is 4.39. The van der Waals surface area contributed by atoms with Gasteiger partial charge in [0, 0.05) is 18.7 Å². The van der Waals surface area contributed by atoms with Gasteiger partial charge in [-0.25, -0.2) is 0 Å². The van der Waals surface area contributed by atoms with Gasteiger partial charge in [0.05, 0.1) is 20.3 Å². The molecule has 1 aromatic carbocycles.